The molecule has 2 aliphatic heterocycles. The van der Waals surface area contributed by atoms with E-state index in [9.17, 15) is 0 Å². The van der Waals surface area contributed by atoms with Crippen molar-refractivity contribution >= 4 is 16.9 Å². The maximum atomic E-state index is 6.33. The molecule has 4 rings (SSSR count). The number of ether oxygens (including phenoxy) is 3. The first kappa shape index (κ1) is 20.4. The second-order valence-corrected chi connectivity index (χ2v) is 8.68. The van der Waals surface area contributed by atoms with Crippen molar-refractivity contribution in [1.29, 1.82) is 0 Å². The van der Waals surface area contributed by atoms with Crippen LogP contribution in [0, 0.1) is 0 Å². The number of benzene rings is 2. The van der Waals surface area contributed by atoms with E-state index in [4.69, 9.17) is 19.2 Å². The smallest absolute Gasteiger partial charge is 0.161 e. The quantitative estimate of drug-likeness (QED) is 0.689. The highest BCUT2D eigenvalue weighted by Crippen LogP contribution is 2.38. The summed E-state index contributed by atoms with van der Waals surface area (Å²) in [4.78, 5) is 6.92. The number of thioether (sulfide) groups is 1. The molecule has 154 valence electrons. The van der Waals surface area contributed by atoms with Crippen LogP contribution in [0.3, 0.4) is 0 Å². The number of hydrogen-bond donors (Lipinski definition) is 0. The van der Waals surface area contributed by atoms with Gasteiger partial charge in [0.15, 0.2) is 5.17 Å². The molecule has 4 atom stereocenters. The van der Waals surface area contributed by atoms with Gasteiger partial charge >= 0.3 is 0 Å². The molecule has 0 N–H and O–H groups in total. The van der Waals surface area contributed by atoms with E-state index in [2.05, 4.69) is 24.3 Å². The third-order valence-electron chi connectivity index (χ3n) is 5.07. The maximum Gasteiger partial charge on any atom is 0.161 e. The van der Waals surface area contributed by atoms with E-state index in [-0.39, 0.29) is 23.7 Å². The molecule has 4 unspecified atom stereocenters. The van der Waals surface area contributed by atoms with Crippen LogP contribution in [0.4, 0.5) is 0 Å². The first-order valence-electron chi connectivity index (χ1n) is 10.0. The van der Waals surface area contributed by atoms with Crippen molar-refractivity contribution in [1.82, 2.24) is 4.90 Å². The van der Waals surface area contributed by atoms with Crippen LogP contribution in [0.1, 0.15) is 17.5 Å². The van der Waals surface area contributed by atoms with E-state index in [1.807, 2.05) is 55.4 Å². The molecule has 0 aliphatic carbocycles. The molecule has 1 fully saturated rings. The van der Waals surface area contributed by atoms with Gasteiger partial charge in [0.2, 0.25) is 0 Å². The largest absolute Gasteiger partial charge is 0.374 e. The zero-order valence-corrected chi connectivity index (χ0v) is 17.8. The molecule has 0 saturated carbocycles. The standard InChI is InChI=1S/C23H28N2O3S/c1-25(2)23-24-21-20(27-15-18-11-7-4-8-12-18)13-19(28-22(21)29-23)16-26-14-17-9-5-3-6-10-17/h3-12,19-22H,13-16H2,1-2H3. The molecule has 5 nitrogen and oxygen atoms in total. The molecule has 1 saturated heterocycles. The number of nitrogens with zero attached hydrogens (tertiary/aromatic N) is 2. The fraction of sp³-hybridized carbons (Fsp3) is 0.435. The molecule has 2 aliphatic rings. The first-order chi connectivity index (χ1) is 14.2. The lowest BCUT2D eigenvalue weighted by Gasteiger charge is -2.36. The molecular formula is C23H28N2O3S. The fourth-order valence-electron chi connectivity index (χ4n) is 3.56. The van der Waals surface area contributed by atoms with Crippen molar-refractivity contribution in [2.45, 2.75) is 43.3 Å². The van der Waals surface area contributed by atoms with Gasteiger partial charge in [-0.3, -0.25) is 4.99 Å². The predicted octanol–water partition coefficient (Wildman–Crippen LogP) is 3.94. The van der Waals surface area contributed by atoms with Crippen molar-refractivity contribution in [3.8, 4) is 0 Å². The van der Waals surface area contributed by atoms with Gasteiger partial charge in [0.05, 0.1) is 32.0 Å². The third-order valence-corrected chi connectivity index (χ3v) is 6.37. The lowest BCUT2D eigenvalue weighted by atomic mass is 10.0. The van der Waals surface area contributed by atoms with E-state index in [0.717, 1.165) is 11.6 Å². The summed E-state index contributed by atoms with van der Waals surface area (Å²) in [6, 6.07) is 20.5. The third kappa shape index (κ3) is 5.39. The van der Waals surface area contributed by atoms with Crippen molar-refractivity contribution in [2.24, 2.45) is 4.99 Å². The van der Waals surface area contributed by atoms with Gasteiger partial charge in [0.25, 0.3) is 0 Å². The highest BCUT2D eigenvalue weighted by Gasteiger charge is 2.44. The lowest BCUT2D eigenvalue weighted by molar-refractivity contribution is -0.122. The van der Waals surface area contributed by atoms with Gasteiger partial charge in [-0.05, 0) is 11.1 Å². The first-order valence-corrected chi connectivity index (χ1v) is 10.9. The zero-order chi connectivity index (χ0) is 20.1. The van der Waals surface area contributed by atoms with Gasteiger partial charge in [0.1, 0.15) is 11.5 Å². The van der Waals surface area contributed by atoms with Gasteiger partial charge in [-0.15, -0.1) is 0 Å². The van der Waals surface area contributed by atoms with Crippen molar-refractivity contribution in [2.75, 3.05) is 20.7 Å². The van der Waals surface area contributed by atoms with Crippen molar-refractivity contribution < 1.29 is 14.2 Å². The Morgan fingerprint density at radius 3 is 2.31 bits per heavy atom. The number of amidine groups is 1. The molecule has 0 aromatic heterocycles. The number of hydrogen-bond acceptors (Lipinski definition) is 6. The Morgan fingerprint density at radius 2 is 1.66 bits per heavy atom. The molecule has 6 heteroatoms. The van der Waals surface area contributed by atoms with Gasteiger partial charge in [-0.25, -0.2) is 0 Å². The minimum atomic E-state index is -0.0211. The topological polar surface area (TPSA) is 43.3 Å². The van der Waals surface area contributed by atoms with Crippen molar-refractivity contribution in [3.63, 3.8) is 0 Å². The molecule has 2 aromatic rings. The molecule has 2 aromatic carbocycles. The molecular weight excluding hydrogens is 384 g/mol. The summed E-state index contributed by atoms with van der Waals surface area (Å²) in [5.41, 5.74) is 2.33. The van der Waals surface area contributed by atoms with Crippen LogP contribution in [0.25, 0.3) is 0 Å². The summed E-state index contributed by atoms with van der Waals surface area (Å²) < 4.78 is 18.6. The van der Waals surface area contributed by atoms with E-state index in [0.29, 0.717) is 19.8 Å². The van der Waals surface area contributed by atoms with Crippen LogP contribution < -0.4 is 0 Å². The van der Waals surface area contributed by atoms with Gasteiger partial charge < -0.3 is 19.1 Å². The van der Waals surface area contributed by atoms with Gasteiger partial charge in [-0.2, -0.15) is 0 Å². The van der Waals surface area contributed by atoms with E-state index >= 15 is 0 Å². The number of aliphatic imine (C=N–C) groups is 1. The average Bonchev–Trinajstić information content (AvgIpc) is 3.18. The van der Waals surface area contributed by atoms with E-state index in [1.165, 1.54) is 11.1 Å². The predicted molar refractivity (Wildman–Crippen MR) is 117 cm³/mol. The summed E-state index contributed by atoms with van der Waals surface area (Å²) in [5.74, 6) is 0. The Morgan fingerprint density at radius 1 is 1.00 bits per heavy atom. The molecule has 0 radical (unpaired) electrons. The van der Waals surface area contributed by atoms with Crippen LogP contribution in [-0.4, -0.2) is 54.5 Å². The molecule has 0 amide bonds. The molecule has 29 heavy (non-hydrogen) atoms. The zero-order valence-electron chi connectivity index (χ0n) is 16.9. The summed E-state index contributed by atoms with van der Waals surface area (Å²) in [7, 11) is 4.03. The highest BCUT2D eigenvalue weighted by molar-refractivity contribution is 8.14. The van der Waals surface area contributed by atoms with Crippen LogP contribution in [-0.2, 0) is 27.4 Å². The molecule has 0 bridgehead atoms. The second-order valence-electron chi connectivity index (χ2n) is 7.61. The van der Waals surface area contributed by atoms with E-state index in [1.54, 1.807) is 11.8 Å². The summed E-state index contributed by atoms with van der Waals surface area (Å²) in [5, 5.41) is 0.999. The minimum Gasteiger partial charge on any atom is -0.374 e. The average molecular weight is 413 g/mol. The number of fused-ring (bicyclic) bond motifs is 1. The monoisotopic (exact) mass is 412 g/mol. The maximum absolute atomic E-state index is 6.33. The summed E-state index contributed by atoms with van der Waals surface area (Å²) in [6.07, 6.45) is 0.808. The lowest BCUT2D eigenvalue weighted by Crippen LogP contribution is -2.46. The number of rotatable bonds is 7. The fourth-order valence-corrected chi connectivity index (χ4v) is 4.75. The Hall–Kier alpha value is -1.86. The summed E-state index contributed by atoms with van der Waals surface area (Å²) in [6.45, 7) is 1.74. The van der Waals surface area contributed by atoms with Crippen LogP contribution in [0.5, 0.6) is 0 Å². The van der Waals surface area contributed by atoms with E-state index < -0.39 is 0 Å². The normalized spacial score (nSPS) is 26.1. The Labute approximate surface area is 177 Å². The molecule has 2 heterocycles. The Balaban J connectivity index is 1.37. The molecule has 0 spiro atoms. The minimum absolute atomic E-state index is 0.00458. The second kappa shape index (κ2) is 9.76. The van der Waals surface area contributed by atoms with Crippen LogP contribution >= 0.6 is 11.8 Å². The van der Waals surface area contributed by atoms with Crippen LogP contribution in [0.2, 0.25) is 0 Å². The SMILES string of the molecule is CN(C)C1=NC2C(OCc3ccccc3)CC(COCc3ccccc3)OC2S1. The Kier molecular flexibility index (Phi) is 6.87. The van der Waals surface area contributed by atoms with Crippen molar-refractivity contribution in [3.05, 3.63) is 71.8 Å². The van der Waals surface area contributed by atoms with Crippen LogP contribution in [0.15, 0.2) is 65.7 Å². The highest BCUT2D eigenvalue weighted by atomic mass is 32.2. The van der Waals surface area contributed by atoms with Gasteiger partial charge in [-0.1, -0.05) is 72.4 Å². The summed E-state index contributed by atoms with van der Waals surface area (Å²) >= 11 is 1.68. The van der Waals surface area contributed by atoms with Gasteiger partial charge in [0, 0.05) is 20.5 Å². The Bertz CT molecular complexity index is 800.